The number of benzene rings is 3. The van der Waals surface area contributed by atoms with E-state index in [9.17, 15) is 18.0 Å². The number of aryl methyl sites for hydroxylation is 2. The number of nitrogens with zero attached hydrogens (tertiary/aromatic N) is 2. The van der Waals surface area contributed by atoms with Gasteiger partial charge in [0.2, 0.25) is 11.8 Å². The van der Waals surface area contributed by atoms with Crippen LogP contribution in [0.15, 0.2) is 71.6 Å². The molecule has 1 unspecified atom stereocenters. The molecule has 0 heterocycles. The summed E-state index contributed by atoms with van der Waals surface area (Å²) in [6, 6.07) is 18.3. The van der Waals surface area contributed by atoms with Gasteiger partial charge in [0.25, 0.3) is 10.0 Å². The Morgan fingerprint density at radius 1 is 0.929 bits per heavy atom. The van der Waals surface area contributed by atoms with Crippen LogP contribution in [0.2, 0.25) is 5.02 Å². The Kier molecular flexibility index (Phi) is 10.3. The first-order valence-corrected chi connectivity index (χ1v) is 16.3. The van der Waals surface area contributed by atoms with Crippen LogP contribution in [0, 0.1) is 20.8 Å². The SMILES string of the molecule is Cc1ccc(S(=O)(=O)N(CC(=O)N(Cc2ccc(Cl)cc2)C(C)C(=O)NC2CCCCC2)c2cccc(C)c2C)cc1. The summed E-state index contributed by atoms with van der Waals surface area (Å²) in [5.41, 5.74) is 3.80. The molecule has 0 spiro atoms. The third-order valence-corrected chi connectivity index (χ3v) is 10.1. The third-order valence-electron chi connectivity index (χ3n) is 8.12. The summed E-state index contributed by atoms with van der Waals surface area (Å²) in [6.45, 7) is 7.00. The summed E-state index contributed by atoms with van der Waals surface area (Å²) in [5.74, 6) is -0.725. The minimum atomic E-state index is -4.12. The van der Waals surface area contributed by atoms with E-state index in [1.165, 1.54) is 9.21 Å². The van der Waals surface area contributed by atoms with Crippen molar-refractivity contribution in [2.75, 3.05) is 10.8 Å². The minimum Gasteiger partial charge on any atom is -0.352 e. The molecule has 1 N–H and O–H groups in total. The number of hydrogen-bond acceptors (Lipinski definition) is 4. The number of carbonyl (C=O) groups is 2. The number of anilines is 1. The summed E-state index contributed by atoms with van der Waals surface area (Å²) >= 11 is 6.10. The number of carbonyl (C=O) groups excluding carboxylic acids is 2. The van der Waals surface area contributed by atoms with Gasteiger partial charge in [-0.25, -0.2) is 8.42 Å². The fraction of sp³-hybridized carbons (Fsp3) is 0.394. The number of hydrogen-bond donors (Lipinski definition) is 1. The van der Waals surface area contributed by atoms with E-state index >= 15 is 0 Å². The first-order valence-electron chi connectivity index (χ1n) is 14.5. The molecule has 1 fully saturated rings. The Bertz CT molecular complexity index is 1500. The van der Waals surface area contributed by atoms with E-state index in [1.54, 1.807) is 67.6 Å². The summed E-state index contributed by atoms with van der Waals surface area (Å²) in [6.07, 6.45) is 5.12. The molecule has 224 valence electrons. The molecule has 7 nitrogen and oxygen atoms in total. The molecule has 0 radical (unpaired) electrons. The highest BCUT2D eigenvalue weighted by molar-refractivity contribution is 7.92. The lowest BCUT2D eigenvalue weighted by Gasteiger charge is -2.33. The largest absolute Gasteiger partial charge is 0.352 e. The lowest BCUT2D eigenvalue weighted by atomic mass is 9.95. The molecule has 42 heavy (non-hydrogen) atoms. The van der Waals surface area contributed by atoms with Gasteiger partial charge in [0, 0.05) is 17.6 Å². The Balaban J connectivity index is 1.70. The minimum absolute atomic E-state index is 0.0783. The van der Waals surface area contributed by atoms with Crippen LogP contribution in [-0.4, -0.2) is 43.8 Å². The zero-order valence-corrected chi connectivity index (χ0v) is 26.3. The Morgan fingerprint density at radius 3 is 2.21 bits per heavy atom. The molecule has 1 atom stereocenters. The average Bonchev–Trinajstić information content (AvgIpc) is 2.97. The molecule has 1 aliphatic carbocycles. The topological polar surface area (TPSA) is 86.8 Å². The van der Waals surface area contributed by atoms with Gasteiger partial charge in [-0.1, -0.05) is 72.8 Å². The second-order valence-electron chi connectivity index (χ2n) is 11.2. The van der Waals surface area contributed by atoms with Gasteiger partial charge in [-0.3, -0.25) is 13.9 Å². The molecular formula is C33H40ClN3O4S. The van der Waals surface area contributed by atoms with Crippen molar-refractivity contribution in [3.63, 3.8) is 0 Å². The standard InChI is InChI=1S/C33H40ClN3O4S/c1-23-13-19-30(20-14-23)42(40,41)37(31-12-8-9-24(2)25(31)3)22-32(38)36(21-27-15-17-28(34)18-16-27)26(4)33(39)35-29-10-6-5-7-11-29/h8-9,12-20,26,29H,5-7,10-11,21-22H2,1-4H3,(H,35,39). The Hall–Kier alpha value is -3.36. The van der Waals surface area contributed by atoms with Gasteiger partial charge in [0.15, 0.2) is 0 Å². The van der Waals surface area contributed by atoms with Crippen molar-refractivity contribution in [3.8, 4) is 0 Å². The zero-order chi connectivity index (χ0) is 30.4. The molecule has 0 saturated heterocycles. The predicted octanol–water partition coefficient (Wildman–Crippen LogP) is 6.33. The second-order valence-corrected chi connectivity index (χ2v) is 13.5. The van der Waals surface area contributed by atoms with Gasteiger partial charge >= 0.3 is 0 Å². The van der Waals surface area contributed by atoms with Crippen molar-refractivity contribution in [2.45, 2.75) is 83.3 Å². The van der Waals surface area contributed by atoms with Gasteiger partial charge in [-0.15, -0.1) is 0 Å². The van der Waals surface area contributed by atoms with Crippen LogP contribution in [0.1, 0.15) is 61.3 Å². The number of amides is 2. The van der Waals surface area contributed by atoms with Gasteiger partial charge in [-0.05, 0) is 87.6 Å². The predicted molar refractivity (Wildman–Crippen MR) is 168 cm³/mol. The highest BCUT2D eigenvalue weighted by Crippen LogP contribution is 2.29. The summed E-state index contributed by atoms with van der Waals surface area (Å²) in [5, 5.41) is 3.69. The first-order chi connectivity index (χ1) is 20.0. The van der Waals surface area contributed by atoms with E-state index in [0.29, 0.717) is 10.7 Å². The van der Waals surface area contributed by atoms with Gasteiger partial charge in [0.1, 0.15) is 12.6 Å². The van der Waals surface area contributed by atoms with E-state index in [-0.39, 0.29) is 23.4 Å². The zero-order valence-electron chi connectivity index (χ0n) is 24.8. The van der Waals surface area contributed by atoms with E-state index in [2.05, 4.69) is 5.32 Å². The number of halogens is 1. The Morgan fingerprint density at radius 2 is 1.57 bits per heavy atom. The molecule has 0 aliphatic heterocycles. The third kappa shape index (κ3) is 7.53. The first kappa shape index (κ1) is 31.6. The van der Waals surface area contributed by atoms with Crippen molar-refractivity contribution < 1.29 is 18.0 Å². The quantitative estimate of drug-likeness (QED) is 0.291. The molecular weight excluding hydrogens is 570 g/mol. The second kappa shape index (κ2) is 13.7. The normalized spacial score (nSPS) is 14.7. The van der Waals surface area contributed by atoms with E-state index in [1.807, 2.05) is 26.8 Å². The molecule has 1 aliphatic rings. The molecule has 3 aromatic rings. The fourth-order valence-corrected chi connectivity index (χ4v) is 6.89. The van der Waals surface area contributed by atoms with Crippen molar-refractivity contribution in [1.29, 1.82) is 0 Å². The van der Waals surface area contributed by atoms with Crippen LogP contribution in [0.4, 0.5) is 5.69 Å². The Labute approximate surface area is 254 Å². The molecule has 9 heteroatoms. The molecule has 3 aromatic carbocycles. The maximum atomic E-state index is 14.2. The molecule has 2 amide bonds. The highest BCUT2D eigenvalue weighted by atomic mass is 35.5. The highest BCUT2D eigenvalue weighted by Gasteiger charge is 2.34. The van der Waals surface area contributed by atoms with E-state index in [4.69, 9.17) is 11.6 Å². The van der Waals surface area contributed by atoms with Crippen molar-refractivity contribution >= 4 is 39.1 Å². The van der Waals surface area contributed by atoms with Gasteiger partial charge < -0.3 is 10.2 Å². The summed E-state index contributed by atoms with van der Waals surface area (Å²) < 4.78 is 29.3. The maximum Gasteiger partial charge on any atom is 0.264 e. The van der Waals surface area contributed by atoms with E-state index in [0.717, 1.165) is 54.4 Å². The van der Waals surface area contributed by atoms with Crippen molar-refractivity contribution in [2.24, 2.45) is 0 Å². The van der Waals surface area contributed by atoms with Crippen LogP contribution in [-0.2, 0) is 26.2 Å². The van der Waals surface area contributed by atoms with Crippen LogP contribution < -0.4 is 9.62 Å². The van der Waals surface area contributed by atoms with Crippen molar-refractivity contribution in [1.82, 2.24) is 10.2 Å². The van der Waals surface area contributed by atoms with Gasteiger partial charge in [0.05, 0.1) is 10.6 Å². The molecule has 0 aromatic heterocycles. The fourth-order valence-electron chi connectivity index (χ4n) is 5.29. The summed E-state index contributed by atoms with van der Waals surface area (Å²) in [7, 11) is -4.12. The van der Waals surface area contributed by atoms with E-state index < -0.39 is 28.5 Å². The molecule has 0 bridgehead atoms. The van der Waals surface area contributed by atoms with Crippen LogP contribution >= 0.6 is 11.6 Å². The lowest BCUT2D eigenvalue weighted by molar-refractivity contribution is -0.139. The van der Waals surface area contributed by atoms with Gasteiger partial charge in [-0.2, -0.15) is 0 Å². The number of nitrogens with one attached hydrogen (secondary N) is 1. The molecule has 1 saturated carbocycles. The lowest BCUT2D eigenvalue weighted by Crippen LogP contribution is -2.53. The number of rotatable bonds is 10. The monoisotopic (exact) mass is 609 g/mol. The molecule has 4 rings (SSSR count). The maximum absolute atomic E-state index is 14.2. The average molecular weight is 610 g/mol. The smallest absolute Gasteiger partial charge is 0.264 e. The van der Waals surface area contributed by atoms with Crippen LogP contribution in [0.3, 0.4) is 0 Å². The number of sulfonamides is 1. The van der Waals surface area contributed by atoms with Crippen molar-refractivity contribution in [3.05, 3.63) is 94.0 Å². The van der Waals surface area contributed by atoms with Crippen LogP contribution in [0.5, 0.6) is 0 Å². The summed E-state index contributed by atoms with van der Waals surface area (Å²) in [4.78, 5) is 29.2. The van der Waals surface area contributed by atoms with Crippen LogP contribution in [0.25, 0.3) is 0 Å².